The van der Waals surface area contributed by atoms with E-state index in [1.54, 1.807) is 19.3 Å². The molecular weight excluding hydrogens is 316 g/mol. The Bertz CT molecular complexity index is 745. The Morgan fingerprint density at radius 1 is 1.36 bits per heavy atom. The van der Waals surface area contributed by atoms with E-state index in [0.29, 0.717) is 0 Å². The summed E-state index contributed by atoms with van der Waals surface area (Å²) in [5, 5.41) is 10.3. The highest BCUT2D eigenvalue weighted by Gasteiger charge is 2.21. The van der Waals surface area contributed by atoms with Crippen molar-refractivity contribution in [2.45, 2.75) is 25.8 Å². The van der Waals surface area contributed by atoms with Gasteiger partial charge in [-0.05, 0) is 31.9 Å². The molecule has 2 aromatic rings. The lowest BCUT2D eigenvalue weighted by atomic mass is 10.0. The fraction of sp³-hybridized carbons (Fsp3) is 0.368. The van der Waals surface area contributed by atoms with Gasteiger partial charge in [-0.2, -0.15) is 5.10 Å². The average Bonchev–Trinajstić information content (AvgIpc) is 3.07. The van der Waals surface area contributed by atoms with E-state index in [1.807, 2.05) is 31.2 Å². The lowest BCUT2D eigenvalue weighted by Crippen LogP contribution is -2.44. The Balaban J connectivity index is 1.50. The Hall–Kier alpha value is -2.76. The van der Waals surface area contributed by atoms with Gasteiger partial charge in [0.25, 0.3) is 0 Å². The molecular formula is C19H24N4O2. The van der Waals surface area contributed by atoms with E-state index >= 15 is 0 Å². The van der Waals surface area contributed by atoms with E-state index < -0.39 is 0 Å². The molecule has 0 aliphatic carbocycles. The summed E-state index contributed by atoms with van der Waals surface area (Å²) >= 11 is 0. The van der Waals surface area contributed by atoms with Crippen molar-refractivity contribution in [2.24, 2.45) is 0 Å². The van der Waals surface area contributed by atoms with Crippen LogP contribution in [0.15, 0.2) is 36.4 Å². The van der Waals surface area contributed by atoms with Gasteiger partial charge in [-0.1, -0.05) is 18.2 Å². The number of benzene rings is 1. The van der Waals surface area contributed by atoms with Crippen LogP contribution in [0.5, 0.6) is 5.75 Å². The zero-order chi connectivity index (χ0) is 17.6. The predicted octanol–water partition coefficient (Wildman–Crippen LogP) is 2.53. The van der Waals surface area contributed by atoms with Gasteiger partial charge in [-0.15, -0.1) is 0 Å². The second-order valence-corrected chi connectivity index (χ2v) is 6.25. The number of carbonyl (C=O) groups is 1. The number of methoxy groups -OCH3 is 1. The number of carbonyl (C=O) groups excluding carboxylic acids is 1. The summed E-state index contributed by atoms with van der Waals surface area (Å²) in [6.45, 7) is 3.79. The number of aryl methyl sites for hydroxylation is 1. The van der Waals surface area contributed by atoms with Crippen molar-refractivity contribution in [3.8, 4) is 5.75 Å². The van der Waals surface area contributed by atoms with E-state index in [0.717, 1.165) is 48.8 Å². The topological polar surface area (TPSA) is 70.2 Å². The zero-order valence-electron chi connectivity index (χ0n) is 14.7. The summed E-state index contributed by atoms with van der Waals surface area (Å²) in [5.41, 5.74) is 1.95. The molecule has 1 fully saturated rings. The normalized spacial score (nSPS) is 15.5. The van der Waals surface area contributed by atoms with Crippen molar-refractivity contribution < 1.29 is 9.53 Å². The number of nitrogens with zero attached hydrogens (tertiary/aromatic N) is 2. The van der Waals surface area contributed by atoms with E-state index in [1.165, 1.54) is 0 Å². The first-order valence-electron chi connectivity index (χ1n) is 8.54. The first kappa shape index (κ1) is 17.1. The molecule has 132 valence electrons. The molecule has 3 rings (SSSR count). The second kappa shape index (κ2) is 7.88. The Labute approximate surface area is 147 Å². The highest BCUT2D eigenvalue weighted by Crippen LogP contribution is 2.20. The number of piperidine rings is 1. The van der Waals surface area contributed by atoms with Gasteiger partial charge >= 0.3 is 0 Å². The standard InChI is InChI=1S/C19H24N4O2/c1-14-13-18(22-21-14)23-11-9-16(10-12-23)20-19(24)8-7-15-5-3-4-6-17(15)25-2/h3-8,13,16H,9-12H2,1-2H3,(H,20,24)(H,21,22)/b8-7+. The SMILES string of the molecule is COc1ccccc1/C=C/C(=O)NC1CCN(c2cc(C)[nH]n2)CC1. The summed E-state index contributed by atoms with van der Waals surface area (Å²) in [4.78, 5) is 14.4. The molecule has 1 aromatic heterocycles. The van der Waals surface area contributed by atoms with Crippen LogP contribution >= 0.6 is 0 Å². The first-order chi connectivity index (χ1) is 12.2. The maximum atomic E-state index is 12.2. The molecule has 0 atom stereocenters. The first-order valence-corrected chi connectivity index (χ1v) is 8.54. The van der Waals surface area contributed by atoms with Crippen molar-refractivity contribution in [3.05, 3.63) is 47.7 Å². The number of ether oxygens (including phenoxy) is 1. The van der Waals surface area contributed by atoms with Gasteiger partial charge in [-0.3, -0.25) is 9.89 Å². The lowest BCUT2D eigenvalue weighted by Gasteiger charge is -2.32. The number of para-hydroxylation sites is 1. The van der Waals surface area contributed by atoms with Crippen LogP contribution in [0.3, 0.4) is 0 Å². The van der Waals surface area contributed by atoms with Crippen molar-refractivity contribution in [3.63, 3.8) is 0 Å². The maximum Gasteiger partial charge on any atom is 0.244 e. The molecule has 1 aliphatic rings. The van der Waals surface area contributed by atoms with Crippen molar-refractivity contribution in [1.82, 2.24) is 15.5 Å². The molecule has 1 saturated heterocycles. The summed E-state index contributed by atoms with van der Waals surface area (Å²) in [6.07, 6.45) is 5.19. The van der Waals surface area contributed by atoms with Crippen LogP contribution < -0.4 is 15.0 Å². The summed E-state index contributed by atoms with van der Waals surface area (Å²) in [6, 6.07) is 9.88. The largest absolute Gasteiger partial charge is 0.496 e. The minimum atomic E-state index is -0.0695. The Morgan fingerprint density at radius 3 is 2.80 bits per heavy atom. The molecule has 0 spiro atoms. The molecule has 1 aromatic carbocycles. The number of anilines is 1. The molecule has 0 bridgehead atoms. The fourth-order valence-electron chi connectivity index (χ4n) is 3.04. The number of H-pyrrole nitrogens is 1. The summed E-state index contributed by atoms with van der Waals surface area (Å²) in [5.74, 6) is 1.67. The van der Waals surface area contributed by atoms with E-state index in [4.69, 9.17) is 4.74 Å². The smallest absolute Gasteiger partial charge is 0.244 e. The summed E-state index contributed by atoms with van der Waals surface area (Å²) < 4.78 is 5.29. The predicted molar refractivity (Wildman–Crippen MR) is 98.7 cm³/mol. The molecule has 1 amide bonds. The van der Waals surface area contributed by atoms with Gasteiger partial charge in [0.2, 0.25) is 5.91 Å². The van der Waals surface area contributed by atoms with E-state index in [9.17, 15) is 4.79 Å². The third-order valence-electron chi connectivity index (χ3n) is 4.41. The zero-order valence-corrected chi connectivity index (χ0v) is 14.7. The van der Waals surface area contributed by atoms with Gasteiger partial charge in [0.1, 0.15) is 5.75 Å². The minimum absolute atomic E-state index is 0.0695. The number of nitrogens with one attached hydrogen (secondary N) is 2. The highest BCUT2D eigenvalue weighted by atomic mass is 16.5. The molecule has 1 aliphatic heterocycles. The van der Waals surface area contributed by atoms with Crippen LogP contribution in [0.4, 0.5) is 5.82 Å². The monoisotopic (exact) mass is 340 g/mol. The summed E-state index contributed by atoms with van der Waals surface area (Å²) in [7, 11) is 1.63. The van der Waals surface area contributed by atoms with Crippen molar-refractivity contribution in [2.75, 3.05) is 25.1 Å². The highest BCUT2D eigenvalue weighted by molar-refractivity contribution is 5.92. The average molecular weight is 340 g/mol. The van der Waals surface area contributed by atoms with Gasteiger partial charge in [0.15, 0.2) is 5.82 Å². The number of hydrogen-bond acceptors (Lipinski definition) is 4. The molecule has 2 N–H and O–H groups in total. The fourth-order valence-corrected chi connectivity index (χ4v) is 3.04. The number of aromatic nitrogens is 2. The quantitative estimate of drug-likeness (QED) is 0.821. The third-order valence-corrected chi connectivity index (χ3v) is 4.41. The van der Waals surface area contributed by atoms with Crippen LogP contribution in [0.1, 0.15) is 24.1 Å². The number of rotatable bonds is 5. The number of hydrogen-bond donors (Lipinski definition) is 2. The molecule has 6 nitrogen and oxygen atoms in total. The second-order valence-electron chi connectivity index (χ2n) is 6.25. The minimum Gasteiger partial charge on any atom is -0.496 e. The number of aromatic amines is 1. The van der Waals surface area contributed by atoms with Crippen LogP contribution in [0, 0.1) is 6.92 Å². The molecule has 0 unspecified atom stereocenters. The van der Waals surface area contributed by atoms with Crippen molar-refractivity contribution >= 4 is 17.8 Å². The van der Waals surface area contributed by atoms with Gasteiger partial charge in [0.05, 0.1) is 7.11 Å². The molecule has 2 heterocycles. The van der Waals surface area contributed by atoms with E-state index in [2.05, 4.69) is 26.5 Å². The van der Waals surface area contributed by atoms with Crippen molar-refractivity contribution in [1.29, 1.82) is 0 Å². The van der Waals surface area contributed by atoms with Crippen LogP contribution in [-0.4, -0.2) is 42.3 Å². The lowest BCUT2D eigenvalue weighted by molar-refractivity contribution is -0.117. The van der Waals surface area contributed by atoms with E-state index in [-0.39, 0.29) is 11.9 Å². The van der Waals surface area contributed by atoms with Crippen LogP contribution in [0.2, 0.25) is 0 Å². The van der Waals surface area contributed by atoms with Gasteiger partial charge in [-0.25, -0.2) is 0 Å². The number of amides is 1. The molecule has 25 heavy (non-hydrogen) atoms. The van der Waals surface area contributed by atoms with Gasteiger partial charge < -0.3 is 15.0 Å². The van der Waals surface area contributed by atoms with Crippen LogP contribution in [-0.2, 0) is 4.79 Å². The molecule has 0 radical (unpaired) electrons. The van der Waals surface area contributed by atoms with Crippen LogP contribution in [0.25, 0.3) is 6.08 Å². The Kier molecular flexibility index (Phi) is 5.38. The maximum absolute atomic E-state index is 12.2. The molecule has 6 heteroatoms. The molecule has 0 saturated carbocycles. The third kappa shape index (κ3) is 4.41. The Morgan fingerprint density at radius 2 is 2.12 bits per heavy atom. The van der Waals surface area contributed by atoms with Gasteiger partial charge in [0, 0.05) is 42.5 Å².